The molecular formula is C13H16N2O. The zero-order chi connectivity index (χ0) is 11.0. The number of nitrogens with one attached hydrogen (secondary N) is 2. The second kappa shape index (κ2) is 3.91. The number of carbonyl (C=O) groups excluding carboxylic acids is 1. The summed E-state index contributed by atoms with van der Waals surface area (Å²) in [7, 11) is 0. The van der Waals surface area contributed by atoms with Crippen molar-refractivity contribution in [3.8, 4) is 0 Å². The molecule has 1 fully saturated rings. The summed E-state index contributed by atoms with van der Waals surface area (Å²) in [5, 5.41) is 6.33. The van der Waals surface area contributed by atoms with E-state index in [4.69, 9.17) is 0 Å². The zero-order valence-electron chi connectivity index (χ0n) is 9.25. The van der Waals surface area contributed by atoms with E-state index in [1.807, 2.05) is 0 Å². The SMILES string of the molecule is O=C(Cc1ccc2c(c1)CNC2)NC1CC1. The first kappa shape index (κ1) is 9.85. The van der Waals surface area contributed by atoms with Crippen LogP contribution in [0.4, 0.5) is 0 Å². The van der Waals surface area contributed by atoms with Crippen LogP contribution in [0.3, 0.4) is 0 Å². The molecule has 1 aliphatic heterocycles. The van der Waals surface area contributed by atoms with Crippen LogP contribution in [-0.4, -0.2) is 11.9 Å². The van der Waals surface area contributed by atoms with Crippen molar-refractivity contribution in [1.29, 1.82) is 0 Å². The molecule has 3 nitrogen and oxygen atoms in total. The lowest BCUT2D eigenvalue weighted by Crippen LogP contribution is -2.26. The Bertz CT molecular complexity index is 424. The maximum atomic E-state index is 11.6. The highest BCUT2D eigenvalue weighted by Crippen LogP contribution is 2.20. The molecule has 2 aliphatic rings. The first-order valence-corrected chi connectivity index (χ1v) is 5.92. The van der Waals surface area contributed by atoms with Gasteiger partial charge in [-0.2, -0.15) is 0 Å². The Labute approximate surface area is 95.2 Å². The summed E-state index contributed by atoms with van der Waals surface area (Å²) in [4.78, 5) is 11.6. The number of benzene rings is 1. The lowest BCUT2D eigenvalue weighted by Gasteiger charge is -2.05. The van der Waals surface area contributed by atoms with Gasteiger partial charge >= 0.3 is 0 Å². The quantitative estimate of drug-likeness (QED) is 0.794. The first-order chi connectivity index (χ1) is 7.81. The second-order valence-electron chi connectivity index (χ2n) is 4.73. The van der Waals surface area contributed by atoms with Gasteiger partial charge in [0.05, 0.1) is 6.42 Å². The second-order valence-corrected chi connectivity index (χ2v) is 4.73. The van der Waals surface area contributed by atoms with Crippen molar-refractivity contribution in [1.82, 2.24) is 10.6 Å². The van der Waals surface area contributed by atoms with Gasteiger partial charge in [-0.25, -0.2) is 0 Å². The molecule has 0 radical (unpaired) electrons. The van der Waals surface area contributed by atoms with E-state index in [-0.39, 0.29) is 5.91 Å². The van der Waals surface area contributed by atoms with Gasteiger partial charge in [-0.05, 0) is 29.5 Å². The third-order valence-corrected chi connectivity index (χ3v) is 3.21. The summed E-state index contributed by atoms with van der Waals surface area (Å²) in [6.07, 6.45) is 2.82. The number of carbonyl (C=O) groups is 1. The molecule has 1 heterocycles. The fourth-order valence-corrected chi connectivity index (χ4v) is 2.15. The molecule has 2 N–H and O–H groups in total. The number of amides is 1. The van der Waals surface area contributed by atoms with Crippen molar-refractivity contribution in [2.45, 2.75) is 38.4 Å². The van der Waals surface area contributed by atoms with Crippen LogP contribution in [0.1, 0.15) is 29.5 Å². The topological polar surface area (TPSA) is 41.1 Å². The number of hydrogen-bond donors (Lipinski definition) is 2. The highest BCUT2D eigenvalue weighted by Gasteiger charge is 2.23. The Morgan fingerprint density at radius 1 is 1.31 bits per heavy atom. The lowest BCUT2D eigenvalue weighted by molar-refractivity contribution is -0.120. The van der Waals surface area contributed by atoms with Gasteiger partial charge in [0.1, 0.15) is 0 Å². The smallest absolute Gasteiger partial charge is 0.224 e. The van der Waals surface area contributed by atoms with Gasteiger partial charge in [0.25, 0.3) is 0 Å². The molecule has 1 aliphatic carbocycles. The largest absolute Gasteiger partial charge is 0.353 e. The van der Waals surface area contributed by atoms with Crippen LogP contribution in [0, 0.1) is 0 Å². The van der Waals surface area contributed by atoms with Gasteiger partial charge in [0.2, 0.25) is 5.91 Å². The van der Waals surface area contributed by atoms with Crippen molar-refractivity contribution < 1.29 is 4.79 Å². The summed E-state index contributed by atoms with van der Waals surface area (Å²) in [6.45, 7) is 1.90. The van der Waals surface area contributed by atoms with Crippen molar-refractivity contribution in [3.63, 3.8) is 0 Å². The fraction of sp³-hybridized carbons (Fsp3) is 0.462. The summed E-state index contributed by atoms with van der Waals surface area (Å²) in [5.74, 6) is 0.161. The number of hydrogen-bond acceptors (Lipinski definition) is 2. The summed E-state index contributed by atoms with van der Waals surface area (Å²) >= 11 is 0. The fourth-order valence-electron chi connectivity index (χ4n) is 2.15. The molecule has 0 spiro atoms. The van der Waals surface area contributed by atoms with E-state index >= 15 is 0 Å². The molecule has 3 heteroatoms. The molecule has 3 rings (SSSR count). The van der Waals surface area contributed by atoms with E-state index in [1.165, 1.54) is 11.1 Å². The van der Waals surface area contributed by atoms with Crippen LogP contribution >= 0.6 is 0 Å². The first-order valence-electron chi connectivity index (χ1n) is 5.92. The summed E-state index contributed by atoms with van der Waals surface area (Å²) < 4.78 is 0. The molecule has 1 amide bonds. The molecule has 1 aromatic carbocycles. The maximum Gasteiger partial charge on any atom is 0.224 e. The molecule has 1 saturated carbocycles. The van der Waals surface area contributed by atoms with Crippen molar-refractivity contribution in [3.05, 3.63) is 34.9 Å². The summed E-state index contributed by atoms with van der Waals surface area (Å²) in [5.41, 5.74) is 3.84. The van der Waals surface area contributed by atoms with E-state index < -0.39 is 0 Å². The molecule has 0 saturated heterocycles. The molecular weight excluding hydrogens is 200 g/mol. The van der Waals surface area contributed by atoms with E-state index in [2.05, 4.69) is 28.8 Å². The van der Waals surface area contributed by atoms with E-state index in [0.29, 0.717) is 12.5 Å². The average molecular weight is 216 g/mol. The predicted octanol–water partition coefficient (Wildman–Crippen LogP) is 1.11. The molecule has 1 aromatic rings. The Hall–Kier alpha value is -1.35. The lowest BCUT2D eigenvalue weighted by atomic mass is 10.0. The van der Waals surface area contributed by atoms with Crippen LogP contribution in [0.15, 0.2) is 18.2 Å². The normalized spacial score (nSPS) is 18.2. The summed E-state index contributed by atoms with van der Waals surface area (Å²) in [6, 6.07) is 6.82. The molecule has 0 unspecified atom stereocenters. The van der Waals surface area contributed by atoms with E-state index in [1.54, 1.807) is 0 Å². The van der Waals surface area contributed by atoms with Crippen molar-refractivity contribution in [2.75, 3.05) is 0 Å². The van der Waals surface area contributed by atoms with Gasteiger partial charge in [0, 0.05) is 19.1 Å². The van der Waals surface area contributed by atoms with Crippen LogP contribution in [-0.2, 0) is 24.3 Å². The monoisotopic (exact) mass is 216 g/mol. The van der Waals surface area contributed by atoms with Crippen molar-refractivity contribution in [2.24, 2.45) is 0 Å². The third-order valence-electron chi connectivity index (χ3n) is 3.21. The van der Waals surface area contributed by atoms with Crippen molar-refractivity contribution >= 4 is 5.91 Å². The van der Waals surface area contributed by atoms with Gasteiger partial charge < -0.3 is 10.6 Å². The van der Waals surface area contributed by atoms with Gasteiger partial charge in [-0.3, -0.25) is 4.79 Å². The molecule has 84 valence electrons. The molecule has 16 heavy (non-hydrogen) atoms. The zero-order valence-corrected chi connectivity index (χ0v) is 9.25. The highest BCUT2D eigenvalue weighted by atomic mass is 16.1. The Balaban J connectivity index is 1.67. The molecule has 0 aromatic heterocycles. The van der Waals surface area contributed by atoms with Crippen LogP contribution in [0.5, 0.6) is 0 Å². The van der Waals surface area contributed by atoms with Gasteiger partial charge in [-0.15, -0.1) is 0 Å². The van der Waals surface area contributed by atoms with E-state index in [0.717, 1.165) is 31.5 Å². The predicted molar refractivity (Wildman–Crippen MR) is 61.9 cm³/mol. The minimum Gasteiger partial charge on any atom is -0.353 e. The van der Waals surface area contributed by atoms with Gasteiger partial charge in [-0.1, -0.05) is 18.2 Å². The molecule has 0 atom stereocenters. The number of fused-ring (bicyclic) bond motifs is 1. The Morgan fingerprint density at radius 3 is 2.94 bits per heavy atom. The standard InChI is InChI=1S/C13H16N2O/c16-13(15-12-3-4-12)6-9-1-2-10-7-14-8-11(10)5-9/h1-2,5,12,14H,3-4,6-8H2,(H,15,16). The molecule has 0 bridgehead atoms. The number of rotatable bonds is 3. The van der Waals surface area contributed by atoms with E-state index in [9.17, 15) is 4.79 Å². The van der Waals surface area contributed by atoms with Gasteiger partial charge in [0.15, 0.2) is 0 Å². The minimum absolute atomic E-state index is 0.161. The van der Waals surface area contributed by atoms with Crippen LogP contribution in [0.25, 0.3) is 0 Å². The van der Waals surface area contributed by atoms with Crippen LogP contribution < -0.4 is 10.6 Å². The average Bonchev–Trinajstić information content (AvgIpc) is 2.95. The third kappa shape index (κ3) is 2.09. The Morgan fingerprint density at radius 2 is 2.12 bits per heavy atom. The maximum absolute atomic E-state index is 11.6. The van der Waals surface area contributed by atoms with Crippen LogP contribution in [0.2, 0.25) is 0 Å². The Kier molecular flexibility index (Phi) is 2.40. The highest BCUT2D eigenvalue weighted by molar-refractivity contribution is 5.79. The minimum atomic E-state index is 0.161.